The second-order valence-corrected chi connectivity index (χ2v) is 2.35. The molecule has 3 atom stereocenters. The smallest absolute Gasteiger partial charge is 0.191 e. The van der Waals surface area contributed by atoms with Crippen molar-refractivity contribution < 1.29 is 15.3 Å². The van der Waals surface area contributed by atoms with E-state index in [0.29, 0.717) is 0 Å². The fraction of sp³-hybridized carbons (Fsp3) is 0.800. The van der Waals surface area contributed by atoms with Gasteiger partial charge in [0, 0.05) is 0 Å². The van der Waals surface area contributed by atoms with Crippen LogP contribution in [0, 0.1) is 0 Å². The van der Waals surface area contributed by atoms with Crippen LogP contribution in [0.5, 0.6) is 0 Å². The Morgan fingerprint density at radius 1 is 1.55 bits per heavy atom. The molecule has 0 aliphatic carbocycles. The normalized spacial score (nSPS) is 37.7. The van der Waals surface area contributed by atoms with Crippen LogP contribution in [0.3, 0.4) is 0 Å². The first kappa shape index (κ1) is 8.25. The third-order valence-corrected chi connectivity index (χ3v) is 1.52. The van der Waals surface area contributed by atoms with E-state index in [-0.39, 0.29) is 12.6 Å². The molecule has 6 heteroatoms. The molecule has 0 amide bonds. The number of nitrogens with one attached hydrogen (secondary N) is 1. The highest BCUT2D eigenvalue weighted by atomic mass is 16.3. The number of nitrogens with zero attached hydrogens (tertiary/aromatic N) is 1. The summed E-state index contributed by atoms with van der Waals surface area (Å²) >= 11 is 0. The minimum Gasteiger partial charge on any atom is -0.394 e. The Hall–Kier alpha value is -0.850. The molecule has 0 spiro atoms. The molecule has 0 radical (unpaired) electrons. The molecule has 0 bridgehead atoms. The quantitative estimate of drug-likeness (QED) is 0.280. The number of rotatable bonds is 1. The number of aliphatic hydroxyl groups is 3. The highest BCUT2D eigenvalue weighted by molar-refractivity contribution is 5.79. The van der Waals surface area contributed by atoms with Gasteiger partial charge in [-0.3, -0.25) is 0 Å². The molecular weight excluding hydrogens is 150 g/mol. The Kier molecular flexibility index (Phi) is 2.28. The van der Waals surface area contributed by atoms with E-state index in [1.807, 2.05) is 0 Å². The molecule has 0 aromatic rings. The molecule has 1 rings (SSSR count). The molecule has 0 saturated carbocycles. The maximum Gasteiger partial charge on any atom is 0.191 e. The molecule has 1 aliphatic rings. The second-order valence-electron chi connectivity index (χ2n) is 2.35. The van der Waals surface area contributed by atoms with E-state index >= 15 is 0 Å². The highest BCUT2D eigenvalue weighted by Gasteiger charge is 2.29. The molecule has 1 heterocycles. The van der Waals surface area contributed by atoms with Crippen LogP contribution in [-0.2, 0) is 0 Å². The summed E-state index contributed by atoms with van der Waals surface area (Å²) < 4.78 is 0. The van der Waals surface area contributed by atoms with Crippen LogP contribution in [0.4, 0.5) is 0 Å². The van der Waals surface area contributed by atoms with Gasteiger partial charge in [-0.2, -0.15) is 0 Å². The Bertz CT molecular complexity index is 172. The van der Waals surface area contributed by atoms with E-state index < -0.39 is 18.4 Å². The van der Waals surface area contributed by atoms with Crippen LogP contribution in [0.15, 0.2) is 4.99 Å². The average molecular weight is 161 g/mol. The van der Waals surface area contributed by atoms with Crippen molar-refractivity contribution in [3.63, 3.8) is 0 Å². The fourth-order valence-corrected chi connectivity index (χ4v) is 0.893. The Labute approximate surface area is 63.4 Å². The summed E-state index contributed by atoms with van der Waals surface area (Å²) in [7, 11) is 0. The third-order valence-electron chi connectivity index (χ3n) is 1.52. The van der Waals surface area contributed by atoms with Gasteiger partial charge < -0.3 is 26.4 Å². The lowest BCUT2D eigenvalue weighted by atomic mass is 10.1. The summed E-state index contributed by atoms with van der Waals surface area (Å²) in [5.41, 5.74) is 5.21. The van der Waals surface area contributed by atoms with Crippen LogP contribution in [0.1, 0.15) is 0 Å². The summed E-state index contributed by atoms with van der Waals surface area (Å²) in [6.45, 7) is -0.297. The molecule has 0 saturated heterocycles. The molecule has 0 fully saturated rings. The van der Waals surface area contributed by atoms with E-state index in [4.69, 9.17) is 21.1 Å². The topological polar surface area (TPSA) is 111 Å². The van der Waals surface area contributed by atoms with Crippen LogP contribution in [0.2, 0.25) is 0 Å². The maximum absolute atomic E-state index is 9.12. The zero-order valence-corrected chi connectivity index (χ0v) is 5.81. The van der Waals surface area contributed by atoms with Crippen molar-refractivity contribution in [2.24, 2.45) is 10.7 Å². The van der Waals surface area contributed by atoms with Crippen LogP contribution >= 0.6 is 0 Å². The largest absolute Gasteiger partial charge is 0.394 e. The van der Waals surface area contributed by atoms with Gasteiger partial charge in [0.2, 0.25) is 0 Å². The number of aliphatic hydroxyl groups excluding tert-OH is 3. The monoisotopic (exact) mass is 161 g/mol. The first-order valence-corrected chi connectivity index (χ1v) is 3.22. The van der Waals surface area contributed by atoms with E-state index in [9.17, 15) is 0 Å². The zero-order chi connectivity index (χ0) is 8.43. The van der Waals surface area contributed by atoms with Gasteiger partial charge in [-0.15, -0.1) is 0 Å². The van der Waals surface area contributed by atoms with Crippen LogP contribution < -0.4 is 11.1 Å². The molecule has 64 valence electrons. The SMILES string of the molecule is NC1=NC(O)C(O)C(CO)N1. The summed E-state index contributed by atoms with van der Waals surface area (Å²) in [6, 6.07) is -0.637. The second kappa shape index (κ2) is 3.04. The first-order valence-electron chi connectivity index (χ1n) is 3.22. The lowest BCUT2D eigenvalue weighted by molar-refractivity contribution is -0.0142. The summed E-state index contributed by atoms with van der Waals surface area (Å²) in [5.74, 6) is 0.0295. The summed E-state index contributed by atoms with van der Waals surface area (Å²) in [6.07, 6.45) is -2.35. The van der Waals surface area contributed by atoms with Crippen molar-refractivity contribution in [2.75, 3.05) is 6.61 Å². The van der Waals surface area contributed by atoms with Crippen molar-refractivity contribution in [3.8, 4) is 0 Å². The van der Waals surface area contributed by atoms with E-state index in [2.05, 4.69) is 10.3 Å². The number of guanidine groups is 1. The van der Waals surface area contributed by atoms with Gasteiger partial charge >= 0.3 is 0 Å². The van der Waals surface area contributed by atoms with Crippen molar-refractivity contribution in [1.82, 2.24) is 5.32 Å². The Balaban J connectivity index is 2.67. The predicted molar refractivity (Wildman–Crippen MR) is 37.6 cm³/mol. The van der Waals surface area contributed by atoms with E-state index in [1.165, 1.54) is 0 Å². The summed E-state index contributed by atoms with van der Waals surface area (Å²) in [4.78, 5) is 3.44. The van der Waals surface area contributed by atoms with E-state index in [0.717, 1.165) is 0 Å². The van der Waals surface area contributed by atoms with Crippen molar-refractivity contribution in [2.45, 2.75) is 18.4 Å². The molecule has 0 aromatic carbocycles. The molecule has 3 unspecified atom stereocenters. The molecular formula is C5H11N3O3. The van der Waals surface area contributed by atoms with Gasteiger partial charge in [-0.1, -0.05) is 0 Å². The van der Waals surface area contributed by atoms with Crippen molar-refractivity contribution in [3.05, 3.63) is 0 Å². The average Bonchev–Trinajstić information content (AvgIpc) is 1.96. The molecule has 0 aromatic heterocycles. The van der Waals surface area contributed by atoms with Gasteiger partial charge in [0.05, 0.1) is 12.6 Å². The Morgan fingerprint density at radius 3 is 2.73 bits per heavy atom. The van der Waals surface area contributed by atoms with Crippen LogP contribution in [-0.4, -0.2) is 46.3 Å². The maximum atomic E-state index is 9.12. The lowest BCUT2D eigenvalue weighted by Crippen LogP contribution is -2.56. The number of hydrogen-bond acceptors (Lipinski definition) is 6. The Morgan fingerprint density at radius 2 is 2.18 bits per heavy atom. The highest BCUT2D eigenvalue weighted by Crippen LogP contribution is 2.05. The number of hydrogen-bond donors (Lipinski definition) is 5. The van der Waals surface area contributed by atoms with Crippen LogP contribution in [0.25, 0.3) is 0 Å². The predicted octanol–water partition coefficient (Wildman–Crippen LogP) is -3.06. The van der Waals surface area contributed by atoms with E-state index in [1.54, 1.807) is 0 Å². The van der Waals surface area contributed by atoms with Gasteiger partial charge in [-0.05, 0) is 0 Å². The lowest BCUT2D eigenvalue weighted by Gasteiger charge is -2.29. The fourth-order valence-electron chi connectivity index (χ4n) is 0.893. The summed E-state index contributed by atoms with van der Waals surface area (Å²) in [5, 5.41) is 29.3. The molecule has 6 nitrogen and oxygen atoms in total. The molecule has 1 aliphatic heterocycles. The van der Waals surface area contributed by atoms with Gasteiger partial charge in [0.15, 0.2) is 12.2 Å². The standard InChI is InChI=1S/C5H11N3O3/c6-5-7-2(1-9)3(10)4(11)8-5/h2-4,9-11H,1H2,(H3,6,7,8). The van der Waals surface area contributed by atoms with Gasteiger partial charge in [0.1, 0.15) is 6.10 Å². The molecule has 6 N–H and O–H groups in total. The van der Waals surface area contributed by atoms with Crippen molar-refractivity contribution >= 4 is 5.96 Å². The molecule has 11 heavy (non-hydrogen) atoms. The van der Waals surface area contributed by atoms with Crippen molar-refractivity contribution in [1.29, 1.82) is 0 Å². The van der Waals surface area contributed by atoms with Gasteiger partial charge in [0.25, 0.3) is 0 Å². The number of aliphatic imine (C=N–C) groups is 1. The zero-order valence-electron chi connectivity index (χ0n) is 5.81. The number of nitrogens with two attached hydrogens (primary N) is 1. The van der Waals surface area contributed by atoms with Gasteiger partial charge in [-0.25, -0.2) is 4.99 Å². The minimum absolute atomic E-state index is 0.0295. The minimum atomic E-state index is -1.24. The third kappa shape index (κ3) is 1.59. The first-order chi connectivity index (χ1) is 5.15.